The summed E-state index contributed by atoms with van der Waals surface area (Å²) in [7, 11) is -5.02. The van der Waals surface area contributed by atoms with Gasteiger partial charge in [0.2, 0.25) is 0 Å². The number of rotatable bonds is 15. The van der Waals surface area contributed by atoms with Crippen molar-refractivity contribution in [3.05, 3.63) is 47.5 Å². The Hall–Kier alpha value is -4.60. The first-order valence-electron chi connectivity index (χ1n) is 16.5. The zero-order valence-electron chi connectivity index (χ0n) is 28.4. The summed E-state index contributed by atoms with van der Waals surface area (Å²) in [6.45, 7) is 7.82. The first-order chi connectivity index (χ1) is 24.7. The van der Waals surface area contributed by atoms with Crippen molar-refractivity contribution in [2.75, 3.05) is 50.4 Å². The first-order valence-corrected chi connectivity index (χ1v) is 18.8. The van der Waals surface area contributed by atoms with E-state index in [9.17, 15) is 27.9 Å². The minimum atomic E-state index is -5.02. The molecule has 4 heterocycles. The monoisotopic (exact) mass is 760 g/mol. The van der Waals surface area contributed by atoms with E-state index in [4.69, 9.17) is 19.9 Å². The van der Waals surface area contributed by atoms with Crippen LogP contribution in [0.1, 0.15) is 32.4 Å². The Balaban J connectivity index is 1.07. The number of carboxylic acid groups (broad SMARTS) is 1. The first kappa shape index (κ1) is 37.2. The van der Waals surface area contributed by atoms with E-state index in [1.807, 2.05) is 18.2 Å². The van der Waals surface area contributed by atoms with Crippen molar-refractivity contribution in [3.63, 3.8) is 0 Å². The average Bonchev–Trinajstić information content (AvgIpc) is 3.51. The highest BCUT2D eigenvalue weighted by molar-refractivity contribution is 7.80. The maximum atomic E-state index is 13.3. The Bertz CT molecular complexity index is 1960. The number of aromatic nitrogens is 1. The lowest BCUT2D eigenvalue weighted by Gasteiger charge is -2.50. The van der Waals surface area contributed by atoms with Gasteiger partial charge in [-0.05, 0) is 67.6 Å². The predicted molar refractivity (Wildman–Crippen MR) is 190 cm³/mol. The number of hydrogen-bond acceptors (Lipinski definition) is 15. The summed E-state index contributed by atoms with van der Waals surface area (Å²) in [6, 6.07) is 10.5. The zero-order valence-corrected chi connectivity index (χ0v) is 30.0. The van der Waals surface area contributed by atoms with Gasteiger partial charge in [-0.3, -0.25) is 14.1 Å². The van der Waals surface area contributed by atoms with Gasteiger partial charge in [0.15, 0.2) is 10.8 Å². The third-order valence-electron chi connectivity index (χ3n) is 9.20. The lowest BCUT2D eigenvalue weighted by molar-refractivity contribution is -0.218. The van der Waals surface area contributed by atoms with Gasteiger partial charge in [-0.15, -0.1) is 15.6 Å². The number of nitrogens with zero attached hydrogens (tertiary/aromatic N) is 4. The Morgan fingerprint density at radius 2 is 1.88 bits per heavy atom. The Morgan fingerprint density at radius 3 is 2.50 bits per heavy atom. The van der Waals surface area contributed by atoms with Crippen LogP contribution in [0.5, 0.6) is 5.75 Å². The molecular formula is C32H40N8O10S2. The number of carbonyl (C=O) groups excluding carboxylic acids is 2. The highest BCUT2D eigenvalue weighted by atomic mass is 32.3. The molecule has 18 nitrogen and oxygen atoms in total. The van der Waals surface area contributed by atoms with Crippen LogP contribution in [-0.4, -0.2) is 120 Å². The van der Waals surface area contributed by atoms with Gasteiger partial charge in [-0.2, -0.15) is 13.5 Å². The third-order valence-corrected chi connectivity index (χ3v) is 10.2. The molecular weight excluding hydrogens is 721 g/mol. The summed E-state index contributed by atoms with van der Waals surface area (Å²) in [5.74, 6) is -2.28. The van der Waals surface area contributed by atoms with E-state index in [0.29, 0.717) is 16.9 Å². The number of hydroxylamine groups is 2. The standard InChI is InChI=1S/C32H40N8O10S2/c1-32(2)27(29(42)40(32)50-52(45,46)47)37-28(41)26(24-17-51-31(33)36-24)38-49-25(30(43)44)16-48-23-6-4-19-11-22(5-3-20(19)12-23)35-21-7-9-39(10-8-21)15-18-13-34-14-18/h3-6,11-12,17-18,21,25,27,34-35H,7-10,13-16H2,1-2H3,(H2,33,36)(H,37,41)(H,43,44)(H,45,46,47)/b38-26-/t25-,27+/m0/s1. The van der Waals surface area contributed by atoms with E-state index >= 15 is 0 Å². The molecule has 6 rings (SSSR count). The molecule has 3 saturated heterocycles. The van der Waals surface area contributed by atoms with Crippen LogP contribution in [0.15, 0.2) is 46.9 Å². The van der Waals surface area contributed by atoms with Gasteiger partial charge in [0.05, 0.1) is 5.54 Å². The summed E-state index contributed by atoms with van der Waals surface area (Å²) >= 11 is 0.970. The second kappa shape index (κ2) is 15.2. The van der Waals surface area contributed by atoms with Crippen LogP contribution >= 0.6 is 11.3 Å². The van der Waals surface area contributed by atoms with Crippen LogP contribution < -0.4 is 26.4 Å². The number of amides is 2. The molecule has 52 heavy (non-hydrogen) atoms. The smallest absolute Gasteiger partial charge is 0.418 e. The van der Waals surface area contributed by atoms with Gasteiger partial charge >= 0.3 is 16.4 Å². The fourth-order valence-electron chi connectivity index (χ4n) is 6.20. The van der Waals surface area contributed by atoms with E-state index in [1.54, 1.807) is 12.1 Å². The van der Waals surface area contributed by atoms with Crippen molar-refractivity contribution in [3.8, 4) is 5.75 Å². The number of carbonyl (C=O) groups is 3. The fraction of sp³-hybridized carbons (Fsp3) is 0.469. The van der Waals surface area contributed by atoms with E-state index in [1.165, 1.54) is 19.2 Å². The molecule has 0 spiro atoms. The zero-order chi connectivity index (χ0) is 37.2. The Labute approximate surface area is 303 Å². The number of benzene rings is 2. The van der Waals surface area contributed by atoms with E-state index in [0.717, 1.165) is 79.3 Å². The summed E-state index contributed by atoms with van der Waals surface area (Å²) in [4.78, 5) is 49.8. The molecule has 3 aliphatic heterocycles. The lowest BCUT2D eigenvalue weighted by Crippen LogP contribution is -2.76. The molecule has 20 heteroatoms. The number of carboxylic acids is 1. The predicted octanol–water partition coefficient (Wildman–Crippen LogP) is 1.07. The van der Waals surface area contributed by atoms with Crippen molar-refractivity contribution in [1.82, 2.24) is 25.6 Å². The summed E-state index contributed by atoms with van der Waals surface area (Å²) in [5, 5.41) is 26.7. The van der Waals surface area contributed by atoms with Gasteiger partial charge in [-0.1, -0.05) is 17.3 Å². The van der Waals surface area contributed by atoms with Crippen LogP contribution in [0.3, 0.4) is 0 Å². The molecule has 280 valence electrons. The number of fused-ring (bicyclic) bond motifs is 1. The van der Waals surface area contributed by atoms with E-state index in [2.05, 4.69) is 41.3 Å². The van der Waals surface area contributed by atoms with Crippen molar-refractivity contribution in [2.45, 2.75) is 50.4 Å². The van der Waals surface area contributed by atoms with Crippen molar-refractivity contribution in [2.24, 2.45) is 11.1 Å². The van der Waals surface area contributed by atoms with Crippen LogP contribution in [0.2, 0.25) is 0 Å². The topological polar surface area (TPSA) is 247 Å². The molecule has 2 atom stereocenters. The largest absolute Gasteiger partial charge is 0.489 e. The number of nitrogens with one attached hydrogen (secondary N) is 3. The molecule has 2 aromatic carbocycles. The second-order valence-electron chi connectivity index (χ2n) is 13.4. The fourth-order valence-corrected chi connectivity index (χ4v) is 7.20. The summed E-state index contributed by atoms with van der Waals surface area (Å²) in [5.41, 5.74) is 4.75. The van der Waals surface area contributed by atoms with Gasteiger partial charge in [0.1, 0.15) is 24.1 Å². The van der Waals surface area contributed by atoms with Gasteiger partial charge in [-0.25, -0.2) is 9.78 Å². The summed E-state index contributed by atoms with van der Waals surface area (Å²) in [6.07, 6.45) is 0.495. The number of thiazole rings is 1. The van der Waals surface area contributed by atoms with Crippen molar-refractivity contribution >= 4 is 66.8 Å². The van der Waals surface area contributed by atoms with Crippen LogP contribution in [0.4, 0.5) is 10.8 Å². The van der Waals surface area contributed by atoms with Gasteiger partial charge < -0.3 is 41.3 Å². The number of nitrogens with two attached hydrogens (primary N) is 1. The molecule has 2 amide bonds. The maximum absolute atomic E-state index is 13.3. The summed E-state index contributed by atoms with van der Waals surface area (Å²) < 4.78 is 41.3. The molecule has 3 aromatic rings. The van der Waals surface area contributed by atoms with Crippen LogP contribution in [0, 0.1) is 5.92 Å². The van der Waals surface area contributed by atoms with Crippen molar-refractivity contribution < 1.29 is 46.3 Å². The molecule has 3 fully saturated rings. The van der Waals surface area contributed by atoms with E-state index in [-0.39, 0.29) is 10.8 Å². The van der Waals surface area contributed by atoms with Crippen molar-refractivity contribution in [1.29, 1.82) is 0 Å². The highest BCUT2D eigenvalue weighted by Gasteiger charge is 2.58. The number of oxime groups is 1. The van der Waals surface area contributed by atoms with Crippen LogP contribution in [-0.2, 0) is 33.9 Å². The van der Waals surface area contributed by atoms with E-state index < -0.39 is 58.2 Å². The van der Waals surface area contributed by atoms with Crippen LogP contribution in [0.25, 0.3) is 10.8 Å². The number of ether oxygens (including phenoxy) is 1. The molecule has 7 N–H and O–H groups in total. The van der Waals surface area contributed by atoms with Gasteiger partial charge in [0.25, 0.3) is 17.9 Å². The highest BCUT2D eigenvalue weighted by Crippen LogP contribution is 2.33. The molecule has 0 radical (unpaired) electrons. The molecule has 3 aliphatic rings. The average molecular weight is 761 g/mol. The quantitative estimate of drug-likeness (QED) is 0.0549. The number of anilines is 2. The minimum Gasteiger partial charge on any atom is -0.489 e. The second-order valence-corrected chi connectivity index (χ2v) is 15.3. The molecule has 0 unspecified atom stereocenters. The third kappa shape index (κ3) is 8.70. The number of aliphatic carboxylic acids is 1. The molecule has 0 aliphatic carbocycles. The molecule has 1 aromatic heterocycles. The Morgan fingerprint density at radius 1 is 1.17 bits per heavy atom. The Kier molecular flexibility index (Phi) is 10.8. The maximum Gasteiger partial charge on any atom is 0.418 e. The normalized spacial score (nSPS) is 20.5. The SMILES string of the molecule is CC1(C)[C@H](NC(=O)/C(=N\O[C@@H](COc2ccc3cc(NC4CCN(CC5CNC5)CC4)ccc3c2)C(=O)O)c2csc(N)n2)C(=O)N1OS(=O)(=O)O. The number of hydrogen-bond donors (Lipinski definition) is 6. The minimum absolute atomic E-state index is 0.0681. The number of nitrogen functional groups attached to an aromatic ring is 1. The van der Waals surface area contributed by atoms with Gasteiger partial charge in [0, 0.05) is 49.8 Å². The number of likely N-dealkylation sites (tertiary alicyclic amines) is 1. The number of piperidine rings is 1. The molecule has 0 bridgehead atoms. The number of β-lactam (4-membered cyclic amide) rings is 1. The lowest BCUT2D eigenvalue weighted by atomic mass is 9.84. The molecule has 0 saturated carbocycles.